The lowest BCUT2D eigenvalue weighted by Crippen LogP contribution is -2.32. The number of hydrogen-bond acceptors (Lipinski definition) is 2. The number of imidazole rings is 1. The minimum absolute atomic E-state index is 0.860. The van der Waals surface area contributed by atoms with E-state index in [1.165, 1.54) is 22.5 Å². The Morgan fingerprint density at radius 1 is 1.25 bits per heavy atom. The zero-order valence-electron chi connectivity index (χ0n) is 11.0. The molecule has 0 unspecified atom stereocenters. The molecule has 5 rings (SSSR count). The Bertz CT molecular complexity index is 992. The predicted molar refractivity (Wildman–Crippen MR) is 74.2 cm³/mol. The minimum atomic E-state index is 0.860. The lowest BCUT2D eigenvalue weighted by Gasteiger charge is -1.95. The quantitative estimate of drug-likeness (QED) is 0.397. The molecular formula is C15H12N5+. The van der Waals surface area contributed by atoms with Crippen molar-refractivity contribution >= 4 is 16.7 Å². The maximum absolute atomic E-state index is 4.49. The van der Waals surface area contributed by atoms with Crippen molar-refractivity contribution in [3.63, 3.8) is 0 Å². The first-order valence-corrected chi connectivity index (χ1v) is 6.63. The zero-order chi connectivity index (χ0) is 13.3. The smallest absolute Gasteiger partial charge is 0.264 e. The SMILES string of the molecule is Cn1c2[n+](c3c1cc1cccnn13)Cc1cnccc1-2. The molecule has 96 valence electrons. The van der Waals surface area contributed by atoms with Gasteiger partial charge >= 0.3 is 0 Å². The maximum Gasteiger partial charge on any atom is 0.293 e. The van der Waals surface area contributed by atoms with Crippen LogP contribution in [0.2, 0.25) is 0 Å². The van der Waals surface area contributed by atoms with Gasteiger partial charge in [0.25, 0.3) is 5.65 Å². The predicted octanol–water partition coefficient (Wildman–Crippen LogP) is 1.54. The third-order valence-electron chi connectivity index (χ3n) is 4.16. The molecule has 0 radical (unpaired) electrons. The zero-order valence-corrected chi connectivity index (χ0v) is 11.0. The van der Waals surface area contributed by atoms with Crippen LogP contribution in [0.15, 0.2) is 42.9 Å². The third kappa shape index (κ3) is 1.02. The van der Waals surface area contributed by atoms with Crippen molar-refractivity contribution in [3.05, 3.63) is 48.4 Å². The molecule has 0 spiro atoms. The normalized spacial score (nSPS) is 13.1. The minimum Gasteiger partial charge on any atom is -0.264 e. The van der Waals surface area contributed by atoms with E-state index in [-0.39, 0.29) is 0 Å². The molecule has 0 atom stereocenters. The first-order chi connectivity index (χ1) is 9.84. The number of aryl methyl sites for hydroxylation is 1. The van der Waals surface area contributed by atoms with Crippen LogP contribution in [0.1, 0.15) is 5.56 Å². The summed E-state index contributed by atoms with van der Waals surface area (Å²) >= 11 is 0. The molecule has 0 aliphatic carbocycles. The molecule has 5 nitrogen and oxygen atoms in total. The summed E-state index contributed by atoms with van der Waals surface area (Å²) in [6.07, 6.45) is 5.64. The van der Waals surface area contributed by atoms with Crippen molar-refractivity contribution < 1.29 is 4.57 Å². The molecule has 0 saturated heterocycles. The largest absolute Gasteiger partial charge is 0.293 e. The molecule has 0 saturated carbocycles. The van der Waals surface area contributed by atoms with Crippen molar-refractivity contribution in [1.29, 1.82) is 0 Å². The summed E-state index contributed by atoms with van der Waals surface area (Å²) in [5.74, 6) is 1.23. The monoisotopic (exact) mass is 262 g/mol. The van der Waals surface area contributed by atoms with Crippen molar-refractivity contribution in [1.82, 2.24) is 19.2 Å². The Morgan fingerprint density at radius 2 is 2.20 bits per heavy atom. The summed E-state index contributed by atoms with van der Waals surface area (Å²) in [4.78, 5) is 4.23. The third-order valence-corrected chi connectivity index (χ3v) is 4.16. The van der Waals surface area contributed by atoms with E-state index in [1.54, 1.807) is 0 Å². The summed E-state index contributed by atoms with van der Waals surface area (Å²) in [6, 6.07) is 8.34. The van der Waals surface area contributed by atoms with E-state index in [0.717, 1.165) is 17.7 Å². The molecule has 1 aliphatic heterocycles. The fraction of sp³-hybridized carbons (Fsp3) is 0.133. The summed E-state index contributed by atoms with van der Waals surface area (Å²) in [6.45, 7) is 0.860. The fourth-order valence-corrected chi connectivity index (χ4v) is 3.30. The van der Waals surface area contributed by atoms with E-state index < -0.39 is 0 Å². The van der Waals surface area contributed by atoms with Gasteiger partial charge in [0, 0.05) is 24.0 Å². The van der Waals surface area contributed by atoms with Gasteiger partial charge in [0.1, 0.15) is 5.52 Å². The van der Waals surface area contributed by atoms with E-state index in [0.29, 0.717) is 0 Å². The second-order valence-electron chi connectivity index (χ2n) is 5.22. The van der Waals surface area contributed by atoms with Crippen LogP contribution in [0.4, 0.5) is 0 Å². The molecule has 5 heteroatoms. The molecule has 0 fully saturated rings. The maximum atomic E-state index is 4.49. The van der Waals surface area contributed by atoms with Gasteiger partial charge in [-0.15, -0.1) is 9.61 Å². The molecule has 20 heavy (non-hydrogen) atoms. The van der Waals surface area contributed by atoms with Gasteiger partial charge in [-0.25, -0.2) is 4.57 Å². The second-order valence-corrected chi connectivity index (χ2v) is 5.22. The molecular weight excluding hydrogens is 250 g/mol. The van der Waals surface area contributed by atoms with Crippen LogP contribution in [0, 0.1) is 0 Å². The topological polar surface area (TPSA) is 39.0 Å². The van der Waals surface area contributed by atoms with Crippen molar-refractivity contribution in [2.24, 2.45) is 7.05 Å². The van der Waals surface area contributed by atoms with Gasteiger partial charge < -0.3 is 0 Å². The highest BCUT2D eigenvalue weighted by molar-refractivity contribution is 5.82. The number of nitrogens with zero attached hydrogens (tertiary/aromatic N) is 5. The molecule has 0 aromatic carbocycles. The highest BCUT2D eigenvalue weighted by atomic mass is 15.3. The summed E-state index contributed by atoms with van der Waals surface area (Å²) < 4.78 is 6.58. The van der Waals surface area contributed by atoms with Gasteiger partial charge in [0.05, 0.1) is 25.4 Å². The number of rotatable bonds is 0. The number of aromatic nitrogens is 5. The average molecular weight is 262 g/mol. The Balaban J connectivity index is 1.99. The van der Waals surface area contributed by atoms with Crippen LogP contribution in [0.3, 0.4) is 0 Å². The van der Waals surface area contributed by atoms with Crippen LogP contribution in [-0.4, -0.2) is 19.2 Å². The lowest BCUT2D eigenvalue weighted by molar-refractivity contribution is -0.648. The molecule has 4 aromatic heterocycles. The molecule has 0 bridgehead atoms. The highest BCUT2D eigenvalue weighted by Gasteiger charge is 2.33. The van der Waals surface area contributed by atoms with Crippen molar-refractivity contribution in [3.8, 4) is 11.4 Å². The van der Waals surface area contributed by atoms with E-state index in [2.05, 4.69) is 44.5 Å². The lowest BCUT2D eigenvalue weighted by atomic mass is 10.2. The molecule has 5 heterocycles. The van der Waals surface area contributed by atoms with Gasteiger partial charge in [-0.05, 0) is 18.2 Å². The number of pyridine rings is 1. The molecule has 1 aliphatic rings. The Labute approximate surface area is 114 Å². The molecule has 4 aromatic rings. The Hall–Kier alpha value is -2.69. The van der Waals surface area contributed by atoms with Crippen LogP contribution in [0.5, 0.6) is 0 Å². The van der Waals surface area contributed by atoms with Crippen molar-refractivity contribution in [2.75, 3.05) is 0 Å². The first-order valence-electron chi connectivity index (χ1n) is 6.63. The van der Waals surface area contributed by atoms with Crippen molar-refractivity contribution in [2.45, 2.75) is 6.54 Å². The van der Waals surface area contributed by atoms with Crippen LogP contribution in [-0.2, 0) is 13.6 Å². The van der Waals surface area contributed by atoms with Crippen LogP contribution >= 0.6 is 0 Å². The molecule has 0 N–H and O–H groups in total. The van der Waals surface area contributed by atoms with E-state index >= 15 is 0 Å². The summed E-state index contributed by atoms with van der Waals surface area (Å²) in [5, 5.41) is 4.49. The fourth-order valence-electron chi connectivity index (χ4n) is 3.30. The number of fused-ring (bicyclic) bond motifs is 7. The van der Waals surface area contributed by atoms with Gasteiger partial charge in [0.2, 0.25) is 5.82 Å². The highest BCUT2D eigenvalue weighted by Crippen LogP contribution is 2.30. The van der Waals surface area contributed by atoms with Gasteiger partial charge in [0.15, 0.2) is 5.52 Å². The summed E-state index contributed by atoms with van der Waals surface area (Å²) in [5.41, 5.74) is 6.02. The standard InChI is InChI=1S/C15H12N5/c1-18-13-7-11-3-2-5-17-20(11)15(13)19-9-10-8-16-6-4-12(10)14(18)19/h2-8H,9H2,1H3/q+1. The second kappa shape index (κ2) is 3.25. The van der Waals surface area contributed by atoms with Gasteiger partial charge in [-0.2, -0.15) is 0 Å². The van der Waals surface area contributed by atoms with Crippen LogP contribution in [0.25, 0.3) is 28.1 Å². The van der Waals surface area contributed by atoms with Gasteiger partial charge in [-0.3, -0.25) is 9.55 Å². The van der Waals surface area contributed by atoms with Crippen LogP contribution < -0.4 is 4.57 Å². The Kier molecular flexibility index (Phi) is 1.65. The van der Waals surface area contributed by atoms with E-state index in [9.17, 15) is 0 Å². The summed E-state index contributed by atoms with van der Waals surface area (Å²) in [7, 11) is 2.11. The molecule has 0 amide bonds. The van der Waals surface area contributed by atoms with E-state index in [4.69, 9.17) is 0 Å². The first kappa shape index (κ1) is 10.1. The van der Waals surface area contributed by atoms with E-state index in [1.807, 2.05) is 29.2 Å². The Morgan fingerprint density at radius 3 is 3.15 bits per heavy atom. The number of hydrogen-bond donors (Lipinski definition) is 0. The van der Waals surface area contributed by atoms with Gasteiger partial charge in [-0.1, -0.05) is 0 Å². The average Bonchev–Trinajstić information content (AvgIpc) is 3.10.